The molecular formula is C17H20O2. The van der Waals surface area contributed by atoms with Gasteiger partial charge in [-0.25, -0.2) is 0 Å². The van der Waals surface area contributed by atoms with Gasteiger partial charge in [0, 0.05) is 0 Å². The van der Waals surface area contributed by atoms with Crippen LogP contribution in [0.1, 0.15) is 23.6 Å². The topological polar surface area (TPSA) is 29.5 Å². The van der Waals surface area contributed by atoms with E-state index >= 15 is 0 Å². The highest BCUT2D eigenvalue weighted by Crippen LogP contribution is 2.30. The zero-order chi connectivity index (χ0) is 13.8. The first-order chi connectivity index (χ1) is 9.15. The first-order valence-electron chi connectivity index (χ1n) is 6.60. The van der Waals surface area contributed by atoms with Crippen LogP contribution in [0.25, 0.3) is 11.1 Å². The van der Waals surface area contributed by atoms with Gasteiger partial charge >= 0.3 is 0 Å². The third-order valence-electron chi connectivity index (χ3n) is 3.19. The standard InChI is InChI=1S/C17H20O2/c1-4-19-17-12(2)8-16(9-13(17)3)15-7-5-6-14(10-15)11-18/h5-10,18H,4,11H2,1-3H3. The van der Waals surface area contributed by atoms with E-state index in [4.69, 9.17) is 4.74 Å². The van der Waals surface area contributed by atoms with Crippen molar-refractivity contribution in [3.05, 3.63) is 53.1 Å². The second kappa shape index (κ2) is 5.89. The summed E-state index contributed by atoms with van der Waals surface area (Å²) in [5, 5.41) is 9.21. The summed E-state index contributed by atoms with van der Waals surface area (Å²) in [6.07, 6.45) is 0. The van der Waals surface area contributed by atoms with Crippen molar-refractivity contribution in [2.45, 2.75) is 27.4 Å². The maximum absolute atomic E-state index is 9.21. The molecule has 2 nitrogen and oxygen atoms in total. The van der Waals surface area contributed by atoms with Crippen LogP contribution < -0.4 is 4.74 Å². The molecule has 2 aromatic carbocycles. The van der Waals surface area contributed by atoms with Gasteiger partial charge in [0.2, 0.25) is 0 Å². The van der Waals surface area contributed by atoms with Gasteiger partial charge in [-0.2, -0.15) is 0 Å². The molecule has 0 radical (unpaired) electrons. The smallest absolute Gasteiger partial charge is 0.125 e. The van der Waals surface area contributed by atoms with Gasteiger partial charge in [-0.3, -0.25) is 0 Å². The fraction of sp³-hybridized carbons (Fsp3) is 0.294. The second-order valence-corrected chi connectivity index (χ2v) is 4.73. The van der Waals surface area contributed by atoms with Gasteiger partial charge in [-0.15, -0.1) is 0 Å². The third kappa shape index (κ3) is 2.96. The molecule has 0 aliphatic rings. The Bertz CT molecular complexity index is 550. The lowest BCUT2D eigenvalue weighted by Crippen LogP contribution is -1.97. The summed E-state index contributed by atoms with van der Waals surface area (Å²) < 4.78 is 5.66. The first kappa shape index (κ1) is 13.6. The van der Waals surface area contributed by atoms with Crippen molar-refractivity contribution in [2.75, 3.05) is 6.61 Å². The molecule has 2 heteroatoms. The van der Waals surface area contributed by atoms with E-state index in [-0.39, 0.29) is 6.61 Å². The van der Waals surface area contributed by atoms with Crippen molar-refractivity contribution in [2.24, 2.45) is 0 Å². The predicted molar refractivity (Wildman–Crippen MR) is 78.4 cm³/mol. The average molecular weight is 256 g/mol. The van der Waals surface area contributed by atoms with Crippen molar-refractivity contribution in [3.63, 3.8) is 0 Å². The molecule has 0 bridgehead atoms. The lowest BCUT2D eigenvalue weighted by atomic mass is 9.98. The molecule has 0 heterocycles. The van der Waals surface area contributed by atoms with Crippen molar-refractivity contribution in [3.8, 4) is 16.9 Å². The minimum absolute atomic E-state index is 0.0723. The van der Waals surface area contributed by atoms with Crippen molar-refractivity contribution < 1.29 is 9.84 Å². The molecule has 100 valence electrons. The summed E-state index contributed by atoms with van der Waals surface area (Å²) in [4.78, 5) is 0. The molecule has 0 saturated carbocycles. The van der Waals surface area contributed by atoms with Crippen LogP contribution in [0.5, 0.6) is 5.75 Å². The molecule has 0 amide bonds. The lowest BCUT2D eigenvalue weighted by molar-refractivity contribution is 0.282. The van der Waals surface area contributed by atoms with Crippen LogP contribution in [-0.4, -0.2) is 11.7 Å². The van der Waals surface area contributed by atoms with Crippen molar-refractivity contribution in [1.29, 1.82) is 0 Å². The predicted octanol–water partition coefficient (Wildman–Crippen LogP) is 3.86. The van der Waals surface area contributed by atoms with Gasteiger partial charge in [-0.1, -0.05) is 18.2 Å². The molecule has 0 aromatic heterocycles. The van der Waals surface area contributed by atoms with E-state index in [1.165, 1.54) is 0 Å². The molecule has 1 N–H and O–H groups in total. The third-order valence-corrected chi connectivity index (χ3v) is 3.19. The number of rotatable bonds is 4. The maximum Gasteiger partial charge on any atom is 0.125 e. The van der Waals surface area contributed by atoms with Crippen LogP contribution in [0, 0.1) is 13.8 Å². The minimum atomic E-state index is 0.0723. The SMILES string of the molecule is CCOc1c(C)cc(-c2cccc(CO)c2)cc1C. The molecule has 0 saturated heterocycles. The zero-order valence-corrected chi connectivity index (χ0v) is 11.7. The number of hydrogen-bond donors (Lipinski definition) is 1. The van der Waals surface area contributed by atoms with Crippen LogP contribution in [0.2, 0.25) is 0 Å². The Labute approximate surface area is 114 Å². The summed E-state index contributed by atoms with van der Waals surface area (Å²) in [5.41, 5.74) is 5.51. The summed E-state index contributed by atoms with van der Waals surface area (Å²) in [5.74, 6) is 0.976. The largest absolute Gasteiger partial charge is 0.493 e. The quantitative estimate of drug-likeness (QED) is 0.900. The summed E-state index contributed by atoms with van der Waals surface area (Å²) >= 11 is 0. The van der Waals surface area contributed by atoms with Gasteiger partial charge in [-0.05, 0) is 66.8 Å². The molecule has 0 aliphatic carbocycles. The molecule has 2 aromatic rings. The molecule has 0 unspecified atom stereocenters. The molecule has 0 aliphatic heterocycles. The van der Waals surface area contributed by atoms with E-state index in [0.29, 0.717) is 6.61 Å². The molecule has 0 spiro atoms. The number of ether oxygens (including phenoxy) is 1. The van der Waals surface area contributed by atoms with Gasteiger partial charge in [0.25, 0.3) is 0 Å². The normalized spacial score (nSPS) is 10.5. The highest BCUT2D eigenvalue weighted by Gasteiger charge is 2.07. The van der Waals surface area contributed by atoms with E-state index < -0.39 is 0 Å². The number of aliphatic hydroxyl groups is 1. The van der Waals surface area contributed by atoms with E-state index in [1.807, 2.05) is 25.1 Å². The molecule has 0 fully saturated rings. The van der Waals surface area contributed by atoms with E-state index in [2.05, 4.69) is 32.0 Å². The Hall–Kier alpha value is -1.80. The van der Waals surface area contributed by atoms with Gasteiger partial charge in [0.05, 0.1) is 13.2 Å². The number of hydrogen-bond acceptors (Lipinski definition) is 2. The maximum atomic E-state index is 9.21. The van der Waals surface area contributed by atoms with E-state index in [1.54, 1.807) is 0 Å². The van der Waals surface area contributed by atoms with Gasteiger partial charge in [0.15, 0.2) is 0 Å². The fourth-order valence-corrected chi connectivity index (χ4v) is 2.34. The van der Waals surface area contributed by atoms with Gasteiger partial charge < -0.3 is 9.84 Å². The van der Waals surface area contributed by atoms with Crippen LogP contribution in [-0.2, 0) is 6.61 Å². The Kier molecular flexibility index (Phi) is 4.23. The molecule has 19 heavy (non-hydrogen) atoms. The number of benzene rings is 2. The Morgan fingerprint density at radius 3 is 2.26 bits per heavy atom. The van der Waals surface area contributed by atoms with Crippen molar-refractivity contribution in [1.82, 2.24) is 0 Å². The lowest BCUT2D eigenvalue weighted by Gasteiger charge is -2.13. The highest BCUT2D eigenvalue weighted by atomic mass is 16.5. The highest BCUT2D eigenvalue weighted by molar-refractivity contribution is 5.68. The summed E-state index contributed by atoms with van der Waals surface area (Å²) in [7, 11) is 0. The second-order valence-electron chi connectivity index (χ2n) is 4.73. The number of aliphatic hydroxyl groups excluding tert-OH is 1. The minimum Gasteiger partial charge on any atom is -0.493 e. The van der Waals surface area contributed by atoms with Crippen LogP contribution in [0.3, 0.4) is 0 Å². The average Bonchev–Trinajstić information content (AvgIpc) is 2.42. The summed E-state index contributed by atoms with van der Waals surface area (Å²) in [6.45, 7) is 6.89. The molecule has 2 rings (SSSR count). The molecular weight excluding hydrogens is 236 g/mol. The van der Waals surface area contributed by atoms with Crippen LogP contribution >= 0.6 is 0 Å². The molecule has 0 atom stereocenters. The summed E-state index contributed by atoms with van der Waals surface area (Å²) in [6, 6.07) is 12.3. The van der Waals surface area contributed by atoms with Crippen LogP contribution in [0.4, 0.5) is 0 Å². The van der Waals surface area contributed by atoms with E-state index in [0.717, 1.165) is 33.6 Å². The Morgan fingerprint density at radius 1 is 1.00 bits per heavy atom. The fourth-order valence-electron chi connectivity index (χ4n) is 2.34. The zero-order valence-electron chi connectivity index (χ0n) is 11.7. The Balaban J connectivity index is 2.45. The monoisotopic (exact) mass is 256 g/mol. The first-order valence-corrected chi connectivity index (χ1v) is 6.60. The van der Waals surface area contributed by atoms with Crippen molar-refractivity contribution >= 4 is 0 Å². The van der Waals surface area contributed by atoms with E-state index in [9.17, 15) is 5.11 Å². The Morgan fingerprint density at radius 2 is 1.68 bits per heavy atom. The van der Waals surface area contributed by atoms with Crippen LogP contribution in [0.15, 0.2) is 36.4 Å². The number of aryl methyl sites for hydroxylation is 2. The van der Waals surface area contributed by atoms with Gasteiger partial charge in [0.1, 0.15) is 5.75 Å².